The third-order valence-electron chi connectivity index (χ3n) is 3.32. The molecule has 0 spiro atoms. The molecular formula is C17H16O2. The molecule has 0 saturated carbocycles. The third-order valence-corrected chi connectivity index (χ3v) is 3.32. The molecule has 1 N–H and O–H groups in total. The van der Waals surface area contributed by atoms with Crippen LogP contribution in [0.4, 0.5) is 0 Å². The van der Waals surface area contributed by atoms with Crippen molar-refractivity contribution in [3.63, 3.8) is 0 Å². The molecule has 0 saturated heterocycles. The minimum absolute atomic E-state index is 0.178. The van der Waals surface area contributed by atoms with E-state index in [1.807, 2.05) is 49.4 Å². The molecule has 0 aromatic heterocycles. The summed E-state index contributed by atoms with van der Waals surface area (Å²) in [5, 5.41) is 8.95. The Kier molecular flexibility index (Phi) is 3.81. The molecule has 0 heterocycles. The van der Waals surface area contributed by atoms with Crippen LogP contribution in [0.3, 0.4) is 0 Å². The zero-order valence-corrected chi connectivity index (χ0v) is 10.8. The highest BCUT2D eigenvalue weighted by Gasteiger charge is 2.15. The molecule has 2 aromatic rings. The van der Waals surface area contributed by atoms with Gasteiger partial charge in [0.1, 0.15) is 0 Å². The van der Waals surface area contributed by atoms with Crippen LogP contribution in [-0.2, 0) is 4.79 Å². The standard InChI is InChI=1S/C17H16O2/c1-12(13(2)17(18)19)14-8-10-16(11-9-14)15-6-4-3-5-7-15/h3-12H,2H2,1H3,(H,18,19). The zero-order chi connectivity index (χ0) is 13.8. The van der Waals surface area contributed by atoms with E-state index in [0.29, 0.717) is 0 Å². The van der Waals surface area contributed by atoms with Gasteiger partial charge in [-0.05, 0) is 16.7 Å². The number of benzene rings is 2. The molecular weight excluding hydrogens is 236 g/mol. The second-order valence-electron chi connectivity index (χ2n) is 4.54. The van der Waals surface area contributed by atoms with Gasteiger partial charge < -0.3 is 5.11 Å². The van der Waals surface area contributed by atoms with Gasteiger partial charge in [-0.25, -0.2) is 4.79 Å². The van der Waals surface area contributed by atoms with Crippen molar-refractivity contribution in [1.29, 1.82) is 0 Å². The quantitative estimate of drug-likeness (QED) is 0.832. The van der Waals surface area contributed by atoms with Crippen LogP contribution in [0.25, 0.3) is 11.1 Å². The Hall–Kier alpha value is -2.35. The summed E-state index contributed by atoms with van der Waals surface area (Å²) in [6.07, 6.45) is 0. The van der Waals surface area contributed by atoms with Crippen LogP contribution in [0, 0.1) is 0 Å². The number of rotatable bonds is 4. The molecule has 0 aliphatic heterocycles. The first-order valence-corrected chi connectivity index (χ1v) is 6.17. The minimum atomic E-state index is -0.945. The second kappa shape index (κ2) is 5.53. The molecule has 1 unspecified atom stereocenters. The molecule has 0 aliphatic carbocycles. The topological polar surface area (TPSA) is 37.3 Å². The van der Waals surface area contributed by atoms with Crippen molar-refractivity contribution < 1.29 is 9.90 Å². The van der Waals surface area contributed by atoms with Crippen LogP contribution in [0.15, 0.2) is 66.7 Å². The van der Waals surface area contributed by atoms with Crippen LogP contribution in [0.1, 0.15) is 18.4 Å². The average Bonchev–Trinajstić information content (AvgIpc) is 2.46. The first-order valence-electron chi connectivity index (χ1n) is 6.17. The van der Waals surface area contributed by atoms with E-state index in [2.05, 4.69) is 18.7 Å². The summed E-state index contributed by atoms with van der Waals surface area (Å²) in [5.41, 5.74) is 3.45. The first-order chi connectivity index (χ1) is 9.09. The van der Waals surface area contributed by atoms with Gasteiger partial charge in [0.15, 0.2) is 0 Å². The molecule has 19 heavy (non-hydrogen) atoms. The number of hydrogen-bond donors (Lipinski definition) is 1. The van der Waals surface area contributed by atoms with Gasteiger partial charge in [-0.2, -0.15) is 0 Å². The van der Waals surface area contributed by atoms with Crippen molar-refractivity contribution in [2.75, 3.05) is 0 Å². The summed E-state index contributed by atoms with van der Waals surface area (Å²) >= 11 is 0. The largest absolute Gasteiger partial charge is 0.478 e. The summed E-state index contributed by atoms with van der Waals surface area (Å²) in [5.74, 6) is -1.12. The molecule has 0 bridgehead atoms. The summed E-state index contributed by atoms with van der Waals surface area (Å²) in [6, 6.07) is 18.0. The van der Waals surface area contributed by atoms with E-state index in [1.165, 1.54) is 0 Å². The van der Waals surface area contributed by atoms with Crippen molar-refractivity contribution >= 4 is 5.97 Å². The Morgan fingerprint density at radius 1 is 1.00 bits per heavy atom. The van der Waals surface area contributed by atoms with Gasteiger partial charge in [0.25, 0.3) is 0 Å². The number of carboxylic acid groups (broad SMARTS) is 1. The lowest BCUT2D eigenvalue weighted by atomic mass is 9.92. The van der Waals surface area contributed by atoms with Gasteiger partial charge in [-0.1, -0.05) is 68.1 Å². The molecule has 0 aliphatic rings. The molecule has 96 valence electrons. The van der Waals surface area contributed by atoms with Gasteiger partial charge in [0, 0.05) is 11.5 Å². The van der Waals surface area contributed by atoms with Gasteiger partial charge in [0.05, 0.1) is 0 Å². The van der Waals surface area contributed by atoms with Crippen molar-refractivity contribution in [3.05, 3.63) is 72.3 Å². The maximum absolute atomic E-state index is 10.9. The number of hydrogen-bond acceptors (Lipinski definition) is 1. The number of aliphatic carboxylic acids is 1. The molecule has 0 amide bonds. The second-order valence-corrected chi connectivity index (χ2v) is 4.54. The maximum Gasteiger partial charge on any atom is 0.331 e. The average molecular weight is 252 g/mol. The molecule has 2 nitrogen and oxygen atoms in total. The summed E-state index contributed by atoms with van der Waals surface area (Å²) < 4.78 is 0. The Labute approximate surface area is 113 Å². The zero-order valence-electron chi connectivity index (χ0n) is 10.8. The van der Waals surface area contributed by atoms with Crippen molar-refractivity contribution in [2.24, 2.45) is 0 Å². The van der Waals surface area contributed by atoms with Crippen LogP contribution in [-0.4, -0.2) is 11.1 Å². The van der Waals surface area contributed by atoms with Crippen molar-refractivity contribution in [3.8, 4) is 11.1 Å². The first kappa shape index (κ1) is 13.1. The lowest BCUT2D eigenvalue weighted by molar-refractivity contribution is -0.132. The molecule has 1 atom stereocenters. The number of carbonyl (C=O) groups is 1. The minimum Gasteiger partial charge on any atom is -0.478 e. The smallest absolute Gasteiger partial charge is 0.331 e. The lowest BCUT2D eigenvalue weighted by Crippen LogP contribution is -2.07. The van der Waals surface area contributed by atoms with Crippen LogP contribution in [0.5, 0.6) is 0 Å². The van der Waals surface area contributed by atoms with E-state index >= 15 is 0 Å². The third kappa shape index (κ3) is 2.91. The highest BCUT2D eigenvalue weighted by atomic mass is 16.4. The molecule has 2 rings (SSSR count). The highest BCUT2D eigenvalue weighted by Crippen LogP contribution is 2.26. The molecule has 2 aromatic carbocycles. The maximum atomic E-state index is 10.9. The summed E-state index contributed by atoms with van der Waals surface area (Å²) in [6.45, 7) is 5.47. The summed E-state index contributed by atoms with van der Waals surface area (Å²) in [4.78, 5) is 10.9. The predicted molar refractivity (Wildman–Crippen MR) is 77.1 cm³/mol. The van der Waals surface area contributed by atoms with Crippen LogP contribution < -0.4 is 0 Å². The van der Waals surface area contributed by atoms with E-state index in [1.54, 1.807) is 0 Å². The fourth-order valence-corrected chi connectivity index (χ4v) is 1.98. The van der Waals surface area contributed by atoms with Gasteiger partial charge in [0.2, 0.25) is 0 Å². The normalized spacial score (nSPS) is 11.8. The lowest BCUT2D eigenvalue weighted by Gasteiger charge is -2.12. The monoisotopic (exact) mass is 252 g/mol. The van der Waals surface area contributed by atoms with E-state index in [4.69, 9.17) is 5.11 Å². The van der Waals surface area contributed by atoms with Crippen LogP contribution >= 0.6 is 0 Å². The van der Waals surface area contributed by atoms with E-state index in [9.17, 15) is 4.79 Å². The Morgan fingerprint density at radius 3 is 2.05 bits per heavy atom. The SMILES string of the molecule is C=C(C(=O)O)C(C)c1ccc(-c2ccccc2)cc1. The molecule has 0 fully saturated rings. The van der Waals surface area contributed by atoms with Crippen molar-refractivity contribution in [1.82, 2.24) is 0 Å². The Morgan fingerprint density at radius 2 is 1.53 bits per heavy atom. The van der Waals surface area contributed by atoms with E-state index in [0.717, 1.165) is 16.7 Å². The highest BCUT2D eigenvalue weighted by molar-refractivity contribution is 5.87. The van der Waals surface area contributed by atoms with Gasteiger partial charge in [-0.3, -0.25) is 0 Å². The van der Waals surface area contributed by atoms with Gasteiger partial charge >= 0.3 is 5.97 Å². The van der Waals surface area contributed by atoms with Gasteiger partial charge in [-0.15, -0.1) is 0 Å². The van der Waals surface area contributed by atoms with Crippen molar-refractivity contribution in [2.45, 2.75) is 12.8 Å². The summed E-state index contributed by atoms with van der Waals surface area (Å²) in [7, 11) is 0. The Balaban J connectivity index is 2.24. The molecule has 2 heteroatoms. The van der Waals surface area contributed by atoms with Crippen LogP contribution in [0.2, 0.25) is 0 Å². The number of carboxylic acids is 1. The predicted octanol–water partition coefficient (Wildman–Crippen LogP) is 4.10. The van der Waals surface area contributed by atoms with E-state index in [-0.39, 0.29) is 11.5 Å². The molecule has 0 radical (unpaired) electrons. The fraction of sp³-hybridized carbons (Fsp3) is 0.118. The van der Waals surface area contributed by atoms with E-state index < -0.39 is 5.97 Å². The Bertz CT molecular complexity index is 582. The fourth-order valence-electron chi connectivity index (χ4n) is 1.98.